The number of rotatable bonds is 5. The van der Waals surface area contributed by atoms with Gasteiger partial charge in [-0.2, -0.15) is 0 Å². The first-order valence-corrected chi connectivity index (χ1v) is 7.95. The van der Waals surface area contributed by atoms with Gasteiger partial charge in [0.2, 0.25) is 0 Å². The summed E-state index contributed by atoms with van der Waals surface area (Å²) in [4.78, 5) is 0. The summed E-state index contributed by atoms with van der Waals surface area (Å²) in [5.74, 6) is 0. The molecule has 1 saturated carbocycles. The molecule has 2 aromatic rings. The van der Waals surface area contributed by atoms with E-state index in [1.165, 1.54) is 35.1 Å². The highest BCUT2D eigenvalue weighted by Gasteiger charge is 2.49. The van der Waals surface area contributed by atoms with Gasteiger partial charge >= 0.3 is 0 Å². The standard InChI is InChI=1S/C20H25N/c1-15-8-7-9-16(2)18(15)14-19(21-3)20(12-13-20)17-10-5-4-6-11-17/h4-11,19,21H,12-14H2,1-3H3. The molecule has 0 amide bonds. The summed E-state index contributed by atoms with van der Waals surface area (Å²) in [6.45, 7) is 4.47. The van der Waals surface area contributed by atoms with Crippen LogP contribution in [0.2, 0.25) is 0 Å². The van der Waals surface area contributed by atoms with Crippen LogP contribution in [0.1, 0.15) is 35.1 Å². The molecule has 0 saturated heterocycles. The van der Waals surface area contributed by atoms with Crippen LogP contribution in [0.5, 0.6) is 0 Å². The molecule has 1 aliphatic carbocycles. The van der Waals surface area contributed by atoms with E-state index in [0.29, 0.717) is 11.5 Å². The second kappa shape index (κ2) is 5.65. The predicted octanol–water partition coefficient (Wildman–Crippen LogP) is 4.17. The van der Waals surface area contributed by atoms with Gasteiger partial charge in [0.1, 0.15) is 0 Å². The second-order valence-corrected chi connectivity index (χ2v) is 6.44. The molecule has 1 heteroatoms. The third-order valence-corrected chi connectivity index (χ3v) is 5.21. The molecule has 1 N–H and O–H groups in total. The second-order valence-electron chi connectivity index (χ2n) is 6.44. The number of nitrogens with one attached hydrogen (secondary N) is 1. The van der Waals surface area contributed by atoms with E-state index < -0.39 is 0 Å². The van der Waals surface area contributed by atoms with Gasteiger partial charge in [0.25, 0.3) is 0 Å². The average Bonchev–Trinajstić information content (AvgIpc) is 3.30. The van der Waals surface area contributed by atoms with Crippen LogP contribution in [-0.4, -0.2) is 13.1 Å². The minimum Gasteiger partial charge on any atom is -0.316 e. The van der Waals surface area contributed by atoms with Crippen LogP contribution < -0.4 is 5.32 Å². The monoisotopic (exact) mass is 279 g/mol. The molecule has 3 rings (SSSR count). The Labute approximate surface area is 128 Å². The molecular weight excluding hydrogens is 254 g/mol. The van der Waals surface area contributed by atoms with Gasteiger partial charge in [0, 0.05) is 11.5 Å². The van der Waals surface area contributed by atoms with Crippen molar-refractivity contribution < 1.29 is 0 Å². The van der Waals surface area contributed by atoms with E-state index in [1.807, 2.05) is 0 Å². The molecule has 0 spiro atoms. The highest BCUT2D eigenvalue weighted by atomic mass is 14.9. The topological polar surface area (TPSA) is 12.0 Å². The zero-order chi connectivity index (χ0) is 14.9. The van der Waals surface area contributed by atoms with Crippen LogP contribution >= 0.6 is 0 Å². The lowest BCUT2D eigenvalue weighted by Crippen LogP contribution is -2.40. The van der Waals surface area contributed by atoms with Crippen LogP contribution in [0.4, 0.5) is 0 Å². The Hall–Kier alpha value is -1.60. The predicted molar refractivity (Wildman–Crippen MR) is 89.8 cm³/mol. The fraction of sp³-hybridized carbons (Fsp3) is 0.400. The van der Waals surface area contributed by atoms with Gasteiger partial charge in [-0.3, -0.25) is 0 Å². The van der Waals surface area contributed by atoms with E-state index in [9.17, 15) is 0 Å². The maximum absolute atomic E-state index is 3.61. The fourth-order valence-corrected chi connectivity index (χ4v) is 3.69. The van der Waals surface area contributed by atoms with Gasteiger partial charge in [0.15, 0.2) is 0 Å². The van der Waals surface area contributed by atoms with Crippen molar-refractivity contribution in [1.29, 1.82) is 0 Å². The first kappa shape index (κ1) is 14.3. The Balaban J connectivity index is 1.90. The molecule has 0 bridgehead atoms. The molecule has 0 radical (unpaired) electrons. The third kappa shape index (κ3) is 2.63. The van der Waals surface area contributed by atoms with Crippen molar-refractivity contribution in [3.63, 3.8) is 0 Å². The van der Waals surface area contributed by atoms with Crippen molar-refractivity contribution in [2.75, 3.05) is 7.05 Å². The van der Waals surface area contributed by atoms with Crippen molar-refractivity contribution in [2.45, 2.75) is 44.6 Å². The summed E-state index contributed by atoms with van der Waals surface area (Å²) in [6.07, 6.45) is 3.71. The minimum atomic E-state index is 0.338. The number of likely N-dealkylation sites (N-methyl/N-ethyl adjacent to an activating group) is 1. The zero-order valence-electron chi connectivity index (χ0n) is 13.3. The summed E-state index contributed by atoms with van der Waals surface area (Å²) in [6, 6.07) is 18.2. The van der Waals surface area contributed by atoms with Crippen LogP contribution in [0.3, 0.4) is 0 Å². The lowest BCUT2D eigenvalue weighted by atomic mass is 9.83. The molecule has 0 aliphatic heterocycles. The largest absolute Gasteiger partial charge is 0.316 e. The molecule has 0 heterocycles. The molecule has 21 heavy (non-hydrogen) atoms. The van der Waals surface area contributed by atoms with Gasteiger partial charge < -0.3 is 5.32 Å². The summed E-state index contributed by atoms with van der Waals surface area (Å²) in [7, 11) is 2.11. The van der Waals surface area contributed by atoms with Crippen LogP contribution in [0.15, 0.2) is 48.5 Å². The van der Waals surface area contributed by atoms with E-state index >= 15 is 0 Å². The molecule has 1 atom stereocenters. The van der Waals surface area contributed by atoms with Gasteiger partial charge in [0.05, 0.1) is 0 Å². The maximum Gasteiger partial charge on any atom is 0.0202 e. The van der Waals surface area contributed by atoms with Gasteiger partial charge in [-0.25, -0.2) is 0 Å². The van der Waals surface area contributed by atoms with Crippen LogP contribution in [0, 0.1) is 13.8 Å². The number of hydrogen-bond acceptors (Lipinski definition) is 1. The first-order valence-electron chi connectivity index (χ1n) is 7.95. The third-order valence-electron chi connectivity index (χ3n) is 5.21. The Morgan fingerprint density at radius 2 is 1.57 bits per heavy atom. The van der Waals surface area contributed by atoms with Crippen molar-refractivity contribution in [3.05, 3.63) is 70.8 Å². The first-order chi connectivity index (χ1) is 10.2. The van der Waals surface area contributed by atoms with Crippen molar-refractivity contribution in [3.8, 4) is 0 Å². The lowest BCUT2D eigenvalue weighted by molar-refractivity contribution is 0.441. The lowest BCUT2D eigenvalue weighted by Gasteiger charge is -2.28. The van der Waals surface area contributed by atoms with Crippen molar-refractivity contribution in [2.24, 2.45) is 0 Å². The van der Waals surface area contributed by atoms with E-state index in [-0.39, 0.29) is 0 Å². The molecule has 1 unspecified atom stereocenters. The zero-order valence-corrected chi connectivity index (χ0v) is 13.3. The summed E-state index contributed by atoms with van der Waals surface area (Å²) < 4.78 is 0. The molecule has 110 valence electrons. The molecule has 0 aromatic heterocycles. The van der Waals surface area contributed by atoms with E-state index in [1.54, 1.807) is 0 Å². The highest BCUT2D eigenvalue weighted by Crippen LogP contribution is 2.51. The number of hydrogen-bond donors (Lipinski definition) is 1. The maximum atomic E-state index is 3.61. The Kier molecular flexibility index (Phi) is 3.86. The Morgan fingerprint density at radius 3 is 2.10 bits per heavy atom. The van der Waals surface area contributed by atoms with Crippen molar-refractivity contribution >= 4 is 0 Å². The Bertz CT molecular complexity index is 591. The summed E-state index contributed by atoms with van der Waals surface area (Å²) in [5, 5.41) is 3.61. The number of aryl methyl sites for hydroxylation is 2. The highest BCUT2D eigenvalue weighted by molar-refractivity contribution is 5.39. The van der Waals surface area contributed by atoms with Gasteiger partial charge in [-0.05, 0) is 62.4 Å². The molecule has 1 nitrogen and oxygen atoms in total. The average molecular weight is 279 g/mol. The number of benzene rings is 2. The summed E-state index contributed by atoms with van der Waals surface area (Å²) >= 11 is 0. The molecule has 1 aliphatic rings. The van der Waals surface area contributed by atoms with Gasteiger partial charge in [-0.1, -0.05) is 48.5 Å². The quantitative estimate of drug-likeness (QED) is 0.866. The van der Waals surface area contributed by atoms with Crippen molar-refractivity contribution in [1.82, 2.24) is 5.32 Å². The smallest absolute Gasteiger partial charge is 0.0202 e. The fourth-order valence-electron chi connectivity index (χ4n) is 3.69. The van der Waals surface area contributed by atoms with E-state index in [2.05, 4.69) is 74.7 Å². The van der Waals surface area contributed by atoms with E-state index in [0.717, 1.165) is 6.42 Å². The molecule has 2 aromatic carbocycles. The van der Waals surface area contributed by atoms with Crippen LogP contribution in [0.25, 0.3) is 0 Å². The van der Waals surface area contributed by atoms with Gasteiger partial charge in [-0.15, -0.1) is 0 Å². The molecule has 1 fully saturated rings. The normalized spacial score (nSPS) is 17.5. The minimum absolute atomic E-state index is 0.338. The SMILES string of the molecule is CNC(Cc1c(C)cccc1C)C1(c2ccccc2)CC1. The van der Waals surface area contributed by atoms with Crippen LogP contribution in [-0.2, 0) is 11.8 Å². The Morgan fingerprint density at radius 1 is 0.952 bits per heavy atom. The summed E-state index contributed by atoms with van der Waals surface area (Å²) in [5.41, 5.74) is 6.18. The van der Waals surface area contributed by atoms with E-state index in [4.69, 9.17) is 0 Å². The molecular formula is C20H25N.